The minimum absolute atomic E-state index is 0.377. The Morgan fingerprint density at radius 3 is 2.79 bits per heavy atom. The largest absolute Gasteiger partial charge is 0.387 e. The minimum Gasteiger partial charge on any atom is -0.387 e. The van der Waals surface area contributed by atoms with Gasteiger partial charge in [0.25, 0.3) is 0 Å². The van der Waals surface area contributed by atoms with E-state index in [-0.39, 0.29) is 6.10 Å². The molecule has 0 aliphatic carbocycles. The smallest absolute Gasteiger partial charge is 0.0916 e. The van der Waals surface area contributed by atoms with E-state index in [1.54, 1.807) is 0 Å². The molecule has 0 radical (unpaired) electrons. The first-order valence-corrected chi connectivity index (χ1v) is 7.22. The number of nitrogens with zero attached hydrogens (tertiary/aromatic N) is 1. The van der Waals surface area contributed by atoms with Gasteiger partial charge in [-0.15, -0.1) is 0 Å². The number of likely N-dealkylation sites (tertiary alicyclic amines) is 1. The van der Waals surface area contributed by atoms with Gasteiger partial charge >= 0.3 is 0 Å². The lowest BCUT2D eigenvalue weighted by atomic mass is 9.87. The number of ether oxygens (including phenoxy) is 1. The summed E-state index contributed by atoms with van der Waals surface area (Å²) in [5.41, 5.74) is 2.64. The molecule has 0 aromatic heterocycles. The minimum atomic E-state index is -0.377. The molecule has 2 aliphatic heterocycles. The molecule has 2 heterocycles. The summed E-state index contributed by atoms with van der Waals surface area (Å²) >= 11 is 0. The van der Waals surface area contributed by atoms with Crippen molar-refractivity contribution in [2.45, 2.75) is 25.9 Å². The standard InChI is InChI=1S/C16H23NO2/c1-13-2-4-14(5-3-13)15(18)10-17-8-6-16(11-17)7-9-19-12-16/h2-5,15,18H,6-12H2,1H3. The average molecular weight is 261 g/mol. The molecule has 1 aromatic rings. The molecule has 3 rings (SSSR count). The highest BCUT2D eigenvalue weighted by Crippen LogP contribution is 2.38. The summed E-state index contributed by atoms with van der Waals surface area (Å²) in [6.45, 7) is 6.80. The Hall–Kier alpha value is -0.900. The van der Waals surface area contributed by atoms with E-state index >= 15 is 0 Å². The molecule has 0 saturated carbocycles. The molecule has 0 bridgehead atoms. The maximum atomic E-state index is 10.3. The molecular weight excluding hydrogens is 238 g/mol. The van der Waals surface area contributed by atoms with Crippen LogP contribution in [0.4, 0.5) is 0 Å². The monoisotopic (exact) mass is 261 g/mol. The van der Waals surface area contributed by atoms with E-state index in [1.807, 2.05) is 12.1 Å². The number of benzene rings is 1. The van der Waals surface area contributed by atoms with Crippen molar-refractivity contribution >= 4 is 0 Å². The van der Waals surface area contributed by atoms with Crippen LogP contribution in [0.1, 0.15) is 30.1 Å². The van der Waals surface area contributed by atoms with E-state index in [1.165, 1.54) is 18.4 Å². The highest BCUT2D eigenvalue weighted by Gasteiger charge is 2.41. The number of aliphatic hydroxyl groups is 1. The molecule has 1 spiro atoms. The number of hydrogen-bond acceptors (Lipinski definition) is 3. The summed E-state index contributed by atoms with van der Waals surface area (Å²) in [7, 11) is 0. The van der Waals surface area contributed by atoms with Crippen LogP contribution in [0.3, 0.4) is 0 Å². The molecule has 19 heavy (non-hydrogen) atoms. The summed E-state index contributed by atoms with van der Waals surface area (Å²) < 4.78 is 5.54. The molecule has 104 valence electrons. The lowest BCUT2D eigenvalue weighted by Gasteiger charge is -2.24. The van der Waals surface area contributed by atoms with Gasteiger partial charge in [0.05, 0.1) is 12.7 Å². The molecule has 2 fully saturated rings. The fraction of sp³-hybridized carbons (Fsp3) is 0.625. The summed E-state index contributed by atoms with van der Waals surface area (Å²) in [5.74, 6) is 0. The number of β-amino-alcohol motifs (C(OH)–C–C–N with tert-alkyl or cyclic N) is 1. The van der Waals surface area contributed by atoms with Crippen LogP contribution >= 0.6 is 0 Å². The van der Waals surface area contributed by atoms with E-state index in [0.717, 1.165) is 38.4 Å². The van der Waals surface area contributed by atoms with Crippen molar-refractivity contribution in [2.24, 2.45) is 5.41 Å². The third-order valence-corrected chi connectivity index (χ3v) is 4.60. The van der Waals surface area contributed by atoms with Gasteiger partial charge in [0, 0.05) is 25.1 Å². The quantitative estimate of drug-likeness (QED) is 0.905. The van der Waals surface area contributed by atoms with Crippen LogP contribution in [0.25, 0.3) is 0 Å². The first kappa shape index (κ1) is 13.1. The van der Waals surface area contributed by atoms with E-state index in [2.05, 4.69) is 24.0 Å². The van der Waals surface area contributed by atoms with Gasteiger partial charge in [0.2, 0.25) is 0 Å². The molecule has 2 aliphatic rings. The second-order valence-electron chi connectivity index (χ2n) is 6.21. The number of hydrogen-bond donors (Lipinski definition) is 1. The molecule has 1 N–H and O–H groups in total. The molecular formula is C16H23NO2. The van der Waals surface area contributed by atoms with Gasteiger partial charge in [0.1, 0.15) is 0 Å². The van der Waals surface area contributed by atoms with E-state index in [9.17, 15) is 5.11 Å². The molecule has 0 amide bonds. The van der Waals surface area contributed by atoms with Gasteiger partial charge in [-0.25, -0.2) is 0 Å². The SMILES string of the molecule is Cc1ccc(C(O)CN2CCC3(CCOC3)C2)cc1. The summed E-state index contributed by atoms with van der Waals surface area (Å²) in [6.07, 6.45) is 2.02. The zero-order valence-corrected chi connectivity index (χ0v) is 11.6. The number of aliphatic hydroxyl groups excluding tert-OH is 1. The van der Waals surface area contributed by atoms with E-state index in [0.29, 0.717) is 5.41 Å². The average Bonchev–Trinajstić information content (AvgIpc) is 3.01. The summed E-state index contributed by atoms with van der Waals surface area (Å²) in [5, 5.41) is 10.3. The molecule has 3 heteroatoms. The van der Waals surface area contributed by atoms with Crippen molar-refractivity contribution in [3.05, 3.63) is 35.4 Å². The number of rotatable bonds is 3. The summed E-state index contributed by atoms with van der Waals surface area (Å²) in [6, 6.07) is 8.19. The third kappa shape index (κ3) is 2.83. The Bertz CT molecular complexity index is 423. The van der Waals surface area contributed by atoms with Crippen molar-refractivity contribution in [1.29, 1.82) is 0 Å². The normalized spacial score (nSPS) is 29.2. The van der Waals surface area contributed by atoms with Crippen LogP contribution in [0.15, 0.2) is 24.3 Å². The molecule has 3 nitrogen and oxygen atoms in total. The molecule has 2 unspecified atom stereocenters. The maximum absolute atomic E-state index is 10.3. The van der Waals surface area contributed by atoms with Crippen molar-refractivity contribution in [2.75, 3.05) is 32.8 Å². The maximum Gasteiger partial charge on any atom is 0.0916 e. The van der Waals surface area contributed by atoms with Crippen LogP contribution < -0.4 is 0 Å². The fourth-order valence-corrected chi connectivity index (χ4v) is 3.29. The predicted octanol–water partition coefficient (Wildman–Crippen LogP) is 2.14. The van der Waals surface area contributed by atoms with Gasteiger partial charge in [-0.1, -0.05) is 29.8 Å². The van der Waals surface area contributed by atoms with Crippen molar-refractivity contribution in [3.63, 3.8) is 0 Å². The van der Waals surface area contributed by atoms with Gasteiger partial charge in [-0.3, -0.25) is 4.90 Å². The Labute approximate surface area is 115 Å². The zero-order valence-electron chi connectivity index (χ0n) is 11.6. The van der Waals surface area contributed by atoms with Crippen molar-refractivity contribution in [3.8, 4) is 0 Å². The predicted molar refractivity (Wildman–Crippen MR) is 75.1 cm³/mol. The second kappa shape index (κ2) is 5.23. The van der Waals surface area contributed by atoms with Gasteiger partial charge in [-0.05, 0) is 31.9 Å². The Morgan fingerprint density at radius 2 is 2.11 bits per heavy atom. The first-order valence-electron chi connectivity index (χ1n) is 7.22. The van der Waals surface area contributed by atoms with Crippen LogP contribution in [0.5, 0.6) is 0 Å². The highest BCUT2D eigenvalue weighted by molar-refractivity contribution is 5.23. The Kier molecular flexibility index (Phi) is 3.61. The van der Waals surface area contributed by atoms with Gasteiger partial charge < -0.3 is 9.84 Å². The Balaban J connectivity index is 1.58. The van der Waals surface area contributed by atoms with Crippen LogP contribution in [-0.4, -0.2) is 42.9 Å². The lowest BCUT2D eigenvalue weighted by Crippen LogP contribution is -2.30. The summed E-state index contributed by atoms with van der Waals surface area (Å²) in [4.78, 5) is 2.39. The molecule has 2 saturated heterocycles. The van der Waals surface area contributed by atoms with E-state index in [4.69, 9.17) is 4.74 Å². The van der Waals surface area contributed by atoms with Crippen molar-refractivity contribution in [1.82, 2.24) is 4.90 Å². The van der Waals surface area contributed by atoms with Crippen LogP contribution in [0.2, 0.25) is 0 Å². The van der Waals surface area contributed by atoms with Crippen molar-refractivity contribution < 1.29 is 9.84 Å². The molecule has 1 aromatic carbocycles. The number of aryl methyl sites for hydroxylation is 1. The van der Waals surface area contributed by atoms with Crippen LogP contribution in [-0.2, 0) is 4.74 Å². The zero-order chi connectivity index (χ0) is 13.3. The highest BCUT2D eigenvalue weighted by atomic mass is 16.5. The fourth-order valence-electron chi connectivity index (χ4n) is 3.29. The van der Waals surface area contributed by atoms with Gasteiger partial charge in [-0.2, -0.15) is 0 Å². The topological polar surface area (TPSA) is 32.7 Å². The third-order valence-electron chi connectivity index (χ3n) is 4.60. The van der Waals surface area contributed by atoms with Gasteiger partial charge in [0.15, 0.2) is 0 Å². The van der Waals surface area contributed by atoms with Crippen LogP contribution in [0, 0.1) is 12.3 Å². The second-order valence-corrected chi connectivity index (χ2v) is 6.21. The lowest BCUT2D eigenvalue weighted by molar-refractivity contribution is 0.112. The first-order chi connectivity index (χ1) is 9.17. The Morgan fingerprint density at radius 1 is 1.32 bits per heavy atom. The van der Waals surface area contributed by atoms with E-state index < -0.39 is 0 Å². The molecule has 2 atom stereocenters.